The third-order valence-electron chi connectivity index (χ3n) is 2.16. The number of esters is 1. The van der Waals surface area contributed by atoms with Gasteiger partial charge in [0.05, 0.1) is 11.1 Å². The van der Waals surface area contributed by atoms with Crippen LogP contribution in [0.2, 0.25) is 0 Å². The number of hydrogen-bond donors (Lipinski definition) is 2. The summed E-state index contributed by atoms with van der Waals surface area (Å²) in [6.07, 6.45) is -0.218. The summed E-state index contributed by atoms with van der Waals surface area (Å²) in [5.74, 6) is -2.04. The van der Waals surface area contributed by atoms with E-state index in [1.807, 2.05) is 6.92 Å². The smallest absolute Gasteiger partial charge is 0.341 e. The first kappa shape index (κ1) is 13.2. The van der Waals surface area contributed by atoms with Crippen molar-refractivity contribution in [1.29, 1.82) is 0 Å². The first-order valence-electron chi connectivity index (χ1n) is 5.27. The number of benzene rings is 1. The number of carbonyl (C=O) groups is 2. The van der Waals surface area contributed by atoms with Crippen molar-refractivity contribution in [3.63, 3.8) is 0 Å². The maximum absolute atomic E-state index is 11.6. The summed E-state index contributed by atoms with van der Waals surface area (Å²) in [6, 6.07) is 5.72. The zero-order valence-electron chi connectivity index (χ0n) is 9.42. The Morgan fingerprint density at radius 3 is 2.41 bits per heavy atom. The third-order valence-corrected chi connectivity index (χ3v) is 2.16. The number of carbonyl (C=O) groups excluding carboxylic acids is 1. The summed E-state index contributed by atoms with van der Waals surface area (Å²) in [6.45, 7) is 1.84. The van der Waals surface area contributed by atoms with E-state index in [0.29, 0.717) is 12.8 Å². The summed E-state index contributed by atoms with van der Waals surface area (Å²) < 4.78 is 4.72. The van der Waals surface area contributed by atoms with E-state index in [4.69, 9.17) is 9.84 Å². The molecule has 0 saturated heterocycles. The Labute approximate surface area is 98.6 Å². The number of hydrogen-bond acceptors (Lipinski definition) is 4. The van der Waals surface area contributed by atoms with Gasteiger partial charge in [-0.3, -0.25) is 0 Å². The first-order valence-corrected chi connectivity index (χ1v) is 5.27. The number of aromatic carboxylic acids is 1. The first-order chi connectivity index (χ1) is 8.06. The topological polar surface area (TPSA) is 83.8 Å². The molecule has 1 unspecified atom stereocenters. The Kier molecular flexibility index (Phi) is 4.66. The molecule has 0 bridgehead atoms. The van der Waals surface area contributed by atoms with Gasteiger partial charge < -0.3 is 14.9 Å². The molecule has 17 heavy (non-hydrogen) atoms. The molecule has 0 spiro atoms. The molecule has 2 N–H and O–H groups in total. The molecule has 0 heterocycles. The van der Waals surface area contributed by atoms with Crippen molar-refractivity contribution >= 4 is 11.9 Å². The molecule has 1 rings (SSSR count). The summed E-state index contributed by atoms with van der Waals surface area (Å²) in [7, 11) is 0. The minimum Gasteiger partial charge on any atom is -0.478 e. The lowest BCUT2D eigenvalue weighted by molar-refractivity contribution is -0.0686. The standard InChI is InChI=1S/C12H14O5/c1-2-5-10(13)17-12(16)9-7-4-3-6-8(9)11(14)15/h3-4,6-7,10,13H,2,5H2,1H3,(H,14,15). The highest BCUT2D eigenvalue weighted by molar-refractivity contribution is 6.02. The van der Waals surface area contributed by atoms with Crippen LogP contribution in [-0.4, -0.2) is 28.4 Å². The molecule has 0 saturated carbocycles. The molecule has 1 aromatic rings. The fraction of sp³-hybridized carbons (Fsp3) is 0.333. The van der Waals surface area contributed by atoms with Gasteiger partial charge in [-0.25, -0.2) is 9.59 Å². The average Bonchev–Trinajstić information content (AvgIpc) is 2.29. The highest BCUT2D eigenvalue weighted by Crippen LogP contribution is 2.12. The van der Waals surface area contributed by atoms with Crippen molar-refractivity contribution in [1.82, 2.24) is 0 Å². The summed E-state index contributed by atoms with van der Waals surface area (Å²) >= 11 is 0. The molecule has 5 nitrogen and oxygen atoms in total. The van der Waals surface area contributed by atoms with Crippen LogP contribution in [0.1, 0.15) is 40.5 Å². The number of carboxylic acid groups (broad SMARTS) is 1. The molecule has 1 aromatic carbocycles. The van der Waals surface area contributed by atoms with Crippen LogP contribution in [-0.2, 0) is 4.74 Å². The van der Waals surface area contributed by atoms with Gasteiger partial charge in [0.2, 0.25) is 6.29 Å². The van der Waals surface area contributed by atoms with E-state index in [0.717, 1.165) is 0 Å². The molecule has 92 valence electrons. The molecule has 5 heteroatoms. The Balaban J connectivity index is 2.85. The molecule has 0 aromatic heterocycles. The maximum Gasteiger partial charge on any atom is 0.341 e. The number of aliphatic hydroxyl groups is 1. The van der Waals surface area contributed by atoms with Crippen LogP contribution < -0.4 is 0 Å². The van der Waals surface area contributed by atoms with Gasteiger partial charge in [-0.2, -0.15) is 0 Å². The van der Waals surface area contributed by atoms with E-state index in [2.05, 4.69) is 0 Å². The van der Waals surface area contributed by atoms with Gasteiger partial charge in [-0.15, -0.1) is 0 Å². The monoisotopic (exact) mass is 238 g/mol. The van der Waals surface area contributed by atoms with Crippen molar-refractivity contribution in [2.24, 2.45) is 0 Å². The van der Waals surface area contributed by atoms with Crippen molar-refractivity contribution < 1.29 is 24.5 Å². The van der Waals surface area contributed by atoms with Crippen LogP contribution in [0.25, 0.3) is 0 Å². The van der Waals surface area contributed by atoms with E-state index in [1.165, 1.54) is 24.3 Å². The normalized spacial score (nSPS) is 11.9. The van der Waals surface area contributed by atoms with Gasteiger partial charge in [0.1, 0.15) is 0 Å². The van der Waals surface area contributed by atoms with E-state index >= 15 is 0 Å². The molecular formula is C12H14O5. The zero-order valence-corrected chi connectivity index (χ0v) is 9.42. The van der Waals surface area contributed by atoms with Crippen molar-refractivity contribution in [3.8, 4) is 0 Å². The fourth-order valence-electron chi connectivity index (χ4n) is 1.34. The second-order valence-electron chi connectivity index (χ2n) is 3.50. The predicted molar refractivity (Wildman–Crippen MR) is 59.7 cm³/mol. The SMILES string of the molecule is CCCC(O)OC(=O)c1ccccc1C(=O)O. The van der Waals surface area contributed by atoms with E-state index in [9.17, 15) is 14.7 Å². The second-order valence-corrected chi connectivity index (χ2v) is 3.50. The average molecular weight is 238 g/mol. The van der Waals surface area contributed by atoms with Crippen LogP contribution >= 0.6 is 0 Å². The van der Waals surface area contributed by atoms with Crippen LogP contribution in [0.15, 0.2) is 24.3 Å². The molecule has 0 aliphatic carbocycles. The number of rotatable bonds is 5. The van der Waals surface area contributed by atoms with Crippen molar-refractivity contribution in [3.05, 3.63) is 35.4 Å². The molecule has 0 aliphatic rings. The maximum atomic E-state index is 11.6. The molecule has 1 atom stereocenters. The lowest BCUT2D eigenvalue weighted by atomic mass is 10.1. The predicted octanol–water partition coefficient (Wildman–Crippen LogP) is 1.66. The van der Waals surface area contributed by atoms with Crippen LogP contribution in [0.4, 0.5) is 0 Å². The van der Waals surface area contributed by atoms with Crippen LogP contribution in [0, 0.1) is 0 Å². The lowest BCUT2D eigenvalue weighted by Crippen LogP contribution is -2.19. The van der Waals surface area contributed by atoms with Gasteiger partial charge in [0.25, 0.3) is 0 Å². The Hall–Kier alpha value is -1.88. The van der Waals surface area contributed by atoms with E-state index < -0.39 is 18.2 Å². The quantitative estimate of drug-likeness (QED) is 0.602. The van der Waals surface area contributed by atoms with Crippen LogP contribution in [0.5, 0.6) is 0 Å². The van der Waals surface area contributed by atoms with E-state index in [1.54, 1.807) is 0 Å². The summed E-state index contributed by atoms with van der Waals surface area (Å²) in [5, 5.41) is 18.2. The molecule has 0 aliphatic heterocycles. The minimum atomic E-state index is -1.21. The van der Waals surface area contributed by atoms with Gasteiger partial charge >= 0.3 is 11.9 Å². The largest absolute Gasteiger partial charge is 0.478 e. The second kappa shape index (κ2) is 6.00. The van der Waals surface area contributed by atoms with Gasteiger partial charge in [-0.1, -0.05) is 25.5 Å². The molecule has 0 amide bonds. The van der Waals surface area contributed by atoms with Gasteiger partial charge in [-0.05, 0) is 12.1 Å². The highest BCUT2D eigenvalue weighted by atomic mass is 16.6. The Bertz CT molecular complexity index is 413. The minimum absolute atomic E-state index is 0.0600. The molecule has 0 fully saturated rings. The van der Waals surface area contributed by atoms with Gasteiger partial charge in [0.15, 0.2) is 0 Å². The lowest BCUT2D eigenvalue weighted by Gasteiger charge is -2.11. The number of ether oxygens (including phenoxy) is 1. The van der Waals surface area contributed by atoms with Gasteiger partial charge in [0, 0.05) is 6.42 Å². The van der Waals surface area contributed by atoms with E-state index in [-0.39, 0.29) is 11.1 Å². The summed E-state index contributed by atoms with van der Waals surface area (Å²) in [5.41, 5.74) is -0.198. The summed E-state index contributed by atoms with van der Waals surface area (Å²) in [4.78, 5) is 22.5. The molecular weight excluding hydrogens is 224 g/mol. The van der Waals surface area contributed by atoms with Crippen LogP contribution in [0.3, 0.4) is 0 Å². The number of aliphatic hydroxyl groups excluding tert-OH is 1. The fourth-order valence-corrected chi connectivity index (χ4v) is 1.34. The highest BCUT2D eigenvalue weighted by Gasteiger charge is 2.19. The van der Waals surface area contributed by atoms with Crippen molar-refractivity contribution in [2.75, 3.05) is 0 Å². The molecule has 0 radical (unpaired) electrons. The number of carboxylic acids is 1. The van der Waals surface area contributed by atoms with Crippen molar-refractivity contribution in [2.45, 2.75) is 26.1 Å². The third kappa shape index (κ3) is 3.57. The Morgan fingerprint density at radius 2 is 1.88 bits per heavy atom. The Morgan fingerprint density at radius 1 is 1.29 bits per heavy atom. The zero-order chi connectivity index (χ0) is 12.8.